The molecule has 0 bridgehead atoms. The van der Waals surface area contributed by atoms with E-state index in [-0.39, 0.29) is 24.4 Å². The molecule has 1 saturated heterocycles. The van der Waals surface area contributed by atoms with Crippen LogP contribution in [0.3, 0.4) is 0 Å². The van der Waals surface area contributed by atoms with Crippen LogP contribution >= 0.6 is 0 Å². The summed E-state index contributed by atoms with van der Waals surface area (Å²) in [6.45, 7) is 0.381. The Kier molecular flexibility index (Phi) is 8.52. The predicted octanol–water partition coefficient (Wildman–Crippen LogP) is 1.75. The molecule has 0 radical (unpaired) electrons. The molecule has 2 heterocycles. The van der Waals surface area contributed by atoms with Gasteiger partial charge in [-0.3, -0.25) is 19.6 Å². The second-order valence-electron chi connectivity index (χ2n) is 9.28. The fraction of sp³-hybridized carbons (Fsp3) is 0.333. The summed E-state index contributed by atoms with van der Waals surface area (Å²) in [5.41, 5.74) is 18.6. The number of carbonyl (C=O) groups is 3. The van der Waals surface area contributed by atoms with Crippen molar-refractivity contribution in [3.63, 3.8) is 0 Å². The smallest absolute Gasteiger partial charge is 0.263 e. The molecule has 200 valence electrons. The third-order valence-corrected chi connectivity index (χ3v) is 6.68. The molecule has 3 amide bonds. The average Bonchev–Trinajstić information content (AvgIpc) is 3.61. The standard InChI is InChI=1S/C27H32N6O5/c28-13-7-6-12-21(29)27(36)33(37)18-14-22(24(30)34)32(16-18)26(35)20-11-5-4-10-19(20)25-31-15-23(38-25)17-8-2-1-3-9-17/h1-5,8-11,15,18,21-22,37H,6-7,12-14,16,28-29H2,(H2,30,34)/t18-,21-,22-/m0/s1. The second-order valence-corrected chi connectivity index (χ2v) is 9.28. The van der Waals surface area contributed by atoms with Gasteiger partial charge in [0.05, 0.1) is 23.8 Å². The number of oxazole rings is 1. The van der Waals surface area contributed by atoms with Crippen LogP contribution in [0.25, 0.3) is 22.8 Å². The SMILES string of the molecule is NCCCC[C@H](N)C(=O)N(O)[C@H]1C[C@@H](C(N)=O)N(C(=O)c2ccccc2-c2ncc(-c3ccccc3)o2)C1. The largest absolute Gasteiger partial charge is 0.436 e. The molecule has 0 spiro atoms. The summed E-state index contributed by atoms with van der Waals surface area (Å²) in [4.78, 5) is 44.3. The molecule has 1 aliphatic rings. The number of unbranched alkanes of at least 4 members (excludes halogenated alkanes) is 1. The summed E-state index contributed by atoms with van der Waals surface area (Å²) in [5, 5.41) is 11.2. The van der Waals surface area contributed by atoms with Gasteiger partial charge in [0.15, 0.2) is 5.76 Å². The van der Waals surface area contributed by atoms with E-state index in [0.717, 1.165) is 5.56 Å². The Morgan fingerprint density at radius 1 is 1.11 bits per heavy atom. The summed E-state index contributed by atoms with van der Waals surface area (Å²) in [5.74, 6) is -1.15. The van der Waals surface area contributed by atoms with E-state index in [1.807, 2.05) is 30.3 Å². The normalized spacial score (nSPS) is 17.8. The van der Waals surface area contributed by atoms with Crippen LogP contribution in [0.15, 0.2) is 65.2 Å². The number of rotatable bonds is 10. The van der Waals surface area contributed by atoms with E-state index >= 15 is 0 Å². The van der Waals surface area contributed by atoms with Gasteiger partial charge in [-0.2, -0.15) is 0 Å². The summed E-state index contributed by atoms with van der Waals surface area (Å²) < 4.78 is 5.95. The highest BCUT2D eigenvalue weighted by Crippen LogP contribution is 2.31. The third-order valence-electron chi connectivity index (χ3n) is 6.68. The fourth-order valence-corrected chi connectivity index (χ4v) is 4.61. The van der Waals surface area contributed by atoms with Gasteiger partial charge in [0, 0.05) is 24.1 Å². The molecule has 3 atom stereocenters. The summed E-state index contributed by atoms with van der Waals surface area (Å²) in [6, 6.07) is 13.4. The molecule has 1 aromatic heterocycles. The Balaban J connectivity index is 1.55. The lowest BCUT2D eigenvalue weighted by atomic mass is 10.1. The number of hydrogen-bond acceptors (Lipinski definition) is 8. The lowest BCUT2D eigenvalue weighted by molar-refractivity contribution is -0.176. The average molecular weight is 521 g/mol. The van der Waals surface area contributed by atoms with E-state index in [0.29, 0.717) is 42.2 Å². The number of hydrogen-bond donors (Lipinski definition) is 4. The highest BCUT2D eigenvalue weighted by molar-refractivity contribution is 6.02. The van der Waals surface area contributed by atoms with Gasteiger partial charge in [-0.25, -0.2) is 10.0 Å². The Bertz CT molecular complexity index is 1280. The topological polar surface area (TPSA) is 182 Å². The van der Waals surface area contributed by atoms with Crippen LogP contribution in [-0.4, -0.2) is 69.1 Å². The van der Waals surface area contributed by atoms with Crippen molar-refractivity contribution in [2.24, 2.45) is 17.2 Å². The zero-order valence-electron chi connectivity index (χ0n) is 20.9. The lowest BCUT2D eigenvalue weighted by Crippen LogP contribution is -2.48. The molecule has 11 nitrogen and oxygen atoms in total. The number of amides is 3. The molecule has 0 unspecified atom stereocenters. The minimum Gasteiger partial charge on any atom is -0.436 e. The maximum Gasteiger partial charge on any atom is 0.263 e. The molecule has 1 fully saturated rings. The highest BCUT2D eigenvalue weighted by atomic mass is 16.5. The summed E-state index contributed by atoms with van der Waals surface area (Å²) in [7, 11) is 0. The van der Waals surface area contributed by atoms with Crippen LogP contribution in [0.4, 0.5) is 0 Å². The summed E-state index contributed by atoms with van der Waals surface area (Å²) >= 11 is 0. The molecule has 3 aromatic rings. The molecule has 1 aliphatic heterocycles. The van der Waals surface area contributed by atoms with Crippen molar-refractivity contribution in [2.75, 3.05) is 13.1 Å². The van der Waals surface area contributed by atoms with E-state index in [1.165, 1.54) is 4.90 Å². The van der Waals surface area contributed by atoms with Crippen LogP contribution in [0.2, 0.25) is 0 Å². The first-order chi connectivity index (χ1) is 18.3. The van der Waals surface area contributed by atoms with Gasteiger partial charge in [-0.1, -0.05) is 48.9 Å². The summed E-state index contributed by atoms with van der Waals surface area (Å²) in [6.07, 6.45) is 3.27. The minimum absolute atomic E-state index is 0.0157. The molecule has 11 heteroatoms. The number of nitrogens with two attached hydrogens (primary N) is 3. The van der Waals surface area contributed by atoms with Crippen molar-refractivity contribution in [1.29, 1.82) is 0 Å². The zero-order valence-corrected chi connectivity index (χ0v) is 20.9. The van der Waals surface area contributed by atoms with Gasteiger partial charge < -0.3 is 26.5 Å². The third kappa shape index (κ3) is 5.75. The zero-order chi connectivity index (χ0) is 27.2. The van der Waals surface area contributed by atoms with Crippen LogP contribution in [0.5, 0.6) is 0 Å². The Morgan fingerprint density at radius 2 is 1.82 bits per heavy atom. The van der Waals surface area contributed by atoms with E-state index in [1.54, 1.807) is 30.5 Å². The molecule has 0 aliphatic carbocycles. The first kappa shape index (κ1) is 27.0. The van der Waals surface area contributed by atoms with E-state index in [2.05, 4.69) is 4.98 Å². The lowest BCUT2D eigenvalue weighted by Gasteiger charge is -2.25. The number of hydroxylamine groups is 2. The monoisotopic (exact) mass is 520 g/mol. The van der Waals surface area contributed by atoms with Gasteiger partial charge in [0.1, 0.15) is 6.04 Å². The van der Waals surface area contributed by atoms with E-state index in [4.69, 9.17) is 21.6 Å². The minimum atomic E-state index is -1.03. The highest BCUT2D eigenvalue weighted by Gasteiger charge is 2.43. The van der Waals surface area contributed by atoms with Crippen molar-refractivity contribution in [3.8, 4) is 22.8 Å². The Morgan fingerprint density at radius 3 is 2.53 bits per heavy atom. The van der Waals surface area contributed by atoms with E-state index < -0.39 is 35.8 Å². The van der Waals surface area contributed by atoms with Crippen molar-refractivity contribution in [2.45, 2.75) is 43.8 Å². The molecule has 38 heavy (non-hydrogen) atoms. The first-order valence-electron chi connectivity index (χ1n) is 12.5. The van der Waals surface area contributed by atoms with Gasteiger partial charge in [0.25, 0.3) is 11.8 Å². The van der Waals surface area contributed by atoms with Gasteiger partial charge in [-0.15, -0.1) is 0 Å². The quantitative estimate of drug-likeness (QED) is 0.177. The van der Waals surface area contributed by atoms with Gasteiger partial charge in [0.2, 0.25) is 11.8 Å². The second kappa shape index (κ2) is 12.0. The molecular weight excluding hydrogens is 488 g/mol. The van der Waals surface area contributed by atoms with Crippen LogP contribution in [0, 0.1) is 0 Å². The molecule has 7 N–H and O–H groups in total. The number of carbonyl (C=O) groups excluding carboxylic acids is 3. The van der Waals surface area contributed by atoms with Crippen molar-refractivity contribution < 1.29 is 24.0 Å². The van der Waals surface area contributed by atoms with Gasteiger partial charge in [-0.05, 0) is 31.5 Å². The number of nitrogens with zero attached hydrogens (tertiary/aromatic N) is 3. The van der Waals surface area contributed by atoms with E-state index in [9.17, 15) is 19.6 Å². The molecule has 4 rings (SSSR count). The maximum atomic E-state index is 13.7. The predicted molar refractivity (Wildman–Crippen MR) is 139 cm³/mol. The molecule has 0 saturated carbocycles. The first-order valence-corrected chi connectivity index (χ1v) is 12.5. The van der Waals surface area contributed by atoms with Crippen LogP contribution in [0.1, 0.15) is 36.0 Å². The van der Waals surface area contributed by atoms with Gasteiger partial charge >= 0.3 is 0 Å². The fourth-order valence-electron chi connectivity index (χ4n) is 4.61. The Labute approximate surface area is 220 Å². The van der Waals surface area contributed by atoms with Crippen molar-refractivity contribution in [1.82, 2.24) is 14.9 Å². The van der Waals surface area contributed by atoms with Crippen LogP contribution < -0.4 is 17.2 Å². The number of benzene rings is 2. The maximum absolute atomic E-state index is 13.7. The van der Waals surface area contributed by atoms with Crippen LogP contribution in [-0.2, 0) is 9.59 Å². The van der Waals surface area contributed by atoms with Crippen molar-refractivity contribution >= 4 is 17.7 Å². The number of aromatic nitrogens is 1. The molecule has 2 aromatic carbocycles. The number of likely N-dealkylation sites (tertiary alicyclic amines) is 1. The van der Waals surface area contributed by atoms with Crippen molar-refractivity contribution in [3.05, 3.63) is 66.4 Å². The Hall–Kier alpha value is -4.06. The molecular formula is C27H32N6O5. The number of primary amides is 1.